The summed E-state index contributed by atoms with van der Waals surface area (Å²) in [6.07, 6.45) is 11.8. The van der Waals surface area contributed by atoms with Crippen molar-refractivity contribution in [1.82, 2.24) is 0 Å². The maximum absolute atomic E-state index is 10.8. The average Bonchev–Trinajstić information content (AvgIpc) is 2.34. The normalized spacial score (nSPS) is 13.6. The third-order valence-electron chi connectivity index (χ3n) is 3.53. The number of unbranched alkanes of at least 4 members (excludes halogenated alkanes) is 9. The Kier molecular flexibility index (Phi) is 11.6. The first-order valence-electron chi connectivity index (χ1n) is 7.55. The van der Waals surface area contributed by atoms with Gasteiger partial charge in [-0.2, -0.15) is 8.42 Å². The molecule has 0 bridgehead atoms. The highest BCUT2D eigenvalue weighted by atomic mass is 32.2. The van der Waals surface area contributed by atoms with E-state index in [4.69, 9.17) is 9.66 Å². The monoisotopic (exact) mass is 294 g/mol. The van der Waals surface area contributed by atoms with Gasteiger partial charge in [-0.1, -0.05) is 57.8 Å². The van der Waals surface area contributed by atoms with Crippen LogP contribution in [0.25, 0.3) is 0 Å². The highest BCUT2D eigenvalue weighted by Gasteiger charge is 2.15. The van der Waals surface area contributed by atoms with Gasteiger partial charge in [0, 0.05) is 6.61 Å². The predicted molar refractivity (Wildman–Crippen MR) is 78.9 cm³/mol. The van der Waals surface area contributed by atoms with Gasteiger partial charge in [0.1, 0.15) is 0 Å². The second kappa shape index (κ2) is 11.7. The molecule has 19 heavy (non-hydrogen) atoms. The Bertz CT molecular complexity index is 288. The van der Waals surface area contributed by atoms with Gasteiger partial charge in [-0.3, -0.25) is 4.55 Å². The van der Waals surface area contributed by atoms with Crippen LogP contribution in [0, 0.1) is 0 Å². The van der Waals surface area contributed by atoms with E-state index in [1.54, 1.807) is 6.92 Å². The number of aliphatic hydroxyl groups excluding tert-OH is 1. The lowest BCUT2D eigenvalue weighted by Crippen LogP contribution is -2.16. The highest BCUT2D eigenvalue weighted by Crippen LogP contribution is 2.13. The molecular weight excluding hydrogens is 264 g/mol. The van der Waals surface area contributed by atoms with Crippen LogP contribution in [0.1, 0.15) is 77.6 Å². The molecule has 116 valence electrons. The molecule has 2 N–H and O–H groups in total. The summed E-state index contributed by atoms with van der Waals surface area (Å²) in [5, 5.41) is 8.00. The minimum Gasteiger partial charge on any atom is -0.396 e. The molecule has 4 nitrogen and oxygen atoms in total. The van der Waals surface area contributed by atoms with Gasteiger partial charge in [0.25, 0.3) is 10.1 Å². The molecule has 0 fully saturated rings. The molecule has 5 heteroatoms. The molecule has 0 amide bonds. The summed E-state index contributed by atoms with van der Waals surface area (Å²) >= 11 is 0. The van der Waals surface area contributed by atoms with Gasteiger partial charge in [-0.25, -0.2) is 0 Å². The van der Waals surface area contributed by atoms with Crippen molar-refractivity contribution in [1.29, 1.82) is 0 Å². The molecule has 0 aromatic rings. The van der Waals surface area contributed by atoms with Gasteiger partial charge in [-0.05, 0) is 19.8 Å². The van der Waals surface area contributed by atoms with Gasteiger partial charge >= 0.3 is 0 Å². The SMILES string of the molecule is CC(CCCCCCCCCCCCO)S(=O)(=O)O. The lowest BCUT2D eigenvalue weighted by molar-refractivity contribution is 0.282. The van der Waals surface area contributed by atoms with Crippen LogP contribution in [0.2, 0.25) is 0 Å². The van der Waals surface area contributed by atoms with Crippen molar-refractivity contribution in [3.8, 4) is 0 Å². The van der Waals surface area contributed by atoms with E-state index in [9.17, 15) is 8.42 Å². The van der Waals surface area contributed by atoms with Crippen LogP contribution in [0.5, 0.6) is 0 Å². The van der Waals surface area contributed by atoms with Crippen LogP contribution in [-0.4, -0.2) is 29.9 Å². The zero-order valence-corrected chi connectivity index (χ0v) is 13.0. The minimum absolute atomic E-state index is 0.308. The Labute approximate surface area is 118 Å². The Hall–Kier alpha value is -0.130. The maximum Gasteiger partial charge on any atom is 0.267 e. The summed E-state index contributed by atoms with van der Waals surface area (Å²) in [7, 11) is -3.83. The molecule has 0 aliphatic rings. The molecule has 0 saturated carbocycles. The van der Waals surface area contributed by atoms with Crippen LogP contribution >= 0.6 is 0 Å². The number of hydrogen-bond donors (Lipinski definition) is 2. The zero-order chi connectivity index (χ0) is 14.6. The summed E-state index contributed by atoms with van der Waals surface area (Å²) < 4.78 is 30.4. The maximum atomic E-state index is 10.8. The van der Waals surface area contributed by atoms with Crippen LogP contribution in [0.3, 0.4) is 0 Å². The van der Waals surface area contributed by atoms with Crippen molar-refractivity contribution in [2.75, 3.05) is 6.61 Å². The first-order valence-corrected chi connectivity index (χ1v) is 9.06. The van der Waals surface area contributed by atoms with Gasteiger partial charge in [0.05, 0.1) is 5.25 Å². The zero-order valence-electron chi connectivity index (χ0n) is 12.2. The first-order chi connectivity index (χ1) is 8.98. The molecule has 1 atom stereocenters. The average molecular weight is 294 g/mol. The van der Waals surface area contributed by atoms with Crippen LogP contribution in [-0.2, 0) is 10.1 Å². The van der Waals surface area contributed by atoms with Crippen molar-refractivity contribution in [3.63, 3.8) is 0 Å². The van der Waals surface area contributed by atoms with E-state index in [0.717, 1.165) is 32.1 Å². The Morgan fingerprint density at radius 2 is 1.16 bits per heavy atom. The molecule has 1 unspecified atom stereocenters. The summed E-state index contributed by atoms with van der Waals surface area (Å²) in [6.45, 7) is 1.86. The molecule has 0 radical (unpaired) electrons. The lowest BCUT2D eigenvalue weighted by atomic mass is 10.1. The highest BCUT2D eigenvalue weighted by molar-refractivity contribution is 7.86. The summed E-state index contributed by atoms with van der Waals surface area (Å²) in [5.41, 5.74) is 0. The van der Waals surface area contributed by atoms with Gasteiger partial charge < -0.3 is 5.11 Å². The van der Waals surface area contributed by atoms with E-state index in [0.29, 0.717) is 13.0 Å². The Balaban J connectivity index is 3.19. The molecule has 0 spiro atoms. The fourth-order valence-electron chi connectivity index (χ4n) is 2.11. The lowest BCUT2D eigenvalue weighted by Gasteiger charge is -2.07. The van der Waals surface area contributed by atoms with E-state index in [2.05, 4.69) is 0 Å². The molecule has 0 aromatic heterocycles. The van der Waals surface area contributed by atoms with Gasteiger partial charge in [-0.15, -0.1) is 0 Å². The van der Waals surface area contributed by atoms with Crippen molar-refractivity contribution in [3.05, 3.63) is 0 Å². The van der Waals surface area contributed by atoms with Gasteiger partial charge in [0.2, 0.25) is 0 Å². The molecular formula is C14H30O4S. The topological polar surface area (TPSA) is 74.6 Å². The Morgan fingerprint density at radius 3 is 1.53 bits per heavy atom. The summed E-state index contributed by atoms with van der Waals surface area (Å²) in [5.74, 6) is 0. The molecule has 0 saturated heterocycles. The quantitative estimate of drug-likeness (QED) is 0.402. The van der Waals surface area contributed by atoms with E-state index < -0.39 is 15.4 Å². The van der Waals surface area contributed by atoms with Crippen molar-refractivity contribution < 1.29 is 18.1 Å². The number of aliphatic hydroxyl groups is 1. The standard InChI is InChI=1S/C14H30O4S/c1-14(19(16,17)18)12-10-8-6-4-2-3-5-7-9-11-13-15/h14-15H,2-13H2,1H3,(H,16,17,18). The first kappa shape index (κ1) is 18.9. The van der Waals surface area contributed by atoms with Crippen molar-refractivity contribution in [2.45, 2.75) is 82.8 Å². The van der Waals surface area contributed by atoms with E-state index in [1.165, 1.54) is 32.1 Å². The van der Waals surface area contributed by atoms with Crippen molar-refractivity contribution in [2.24, 2.45) is 0 Å². The second-order valence-corrected chi connectivity index (χ2v) is 7.21. The summed E-state index contributed by atoms with van der Waals surface area (Å²) in [6, 6.07) is 0. The second-order valence-electron chi connectivity index (χ2n) is 5.37. The van der Waals surface area contributed by atoms with Crippen LogP contribution in [0.15, 0.2) is 0 Å². The van der Waals surface area contributed by atoms with E-state index in [-0.39, 0.29) is 0 Å². The third-order valence-corrected chi connectivity index (χ3v) is 4.78. The van der Waals surface area contributed by atoms with Crippen LogP contribution < -0.4 is 0 Å². The molecule has 0 rings (SSSR count). The number of rotatable bonds is 13. The number of hydrogen-bond acceptors (Lipinski definition) is 3. The van der Waals surface area contributed by atoms with Crippen molar-refractivity contribution >= 4 is 10.1 Å². The fraction of sp³-hybridized carbons (Fsp3) is 1.00. The molecule has 0 aromatic carbocycles. The van der Waals surface area contributed by atoms with Gasteiger partial charge in [0.15, 0.2) is 0 Å². The Morgan fingerprint density at radius 1 is 0.789 bits per heavy atom. The predicted octanol–water partition coefficient (Wildman–Crippen LogP) is 3.55. The smallest absolute Gasteiger partial charge is 0.267 e. The van der Waals surface area contributed by atoms with E-state index in [1.807, 2.05) is 0 Å². The molecule has 0 aliphatic carbocycles. The largest absolute Gasteiger partial charge is 0.396 e. The third kappa shape index (κ3) is 12.6. The molecule has 0 aliphatic heterocycles. The van der Waals surface area contributed by atoms with E-state index >= 15 is 0 Å². The summed E-state index contributed by atoms with van der Waals surface area (Å²) in [4.78, 5) is 0. The molecule has 0 heterocycles. The fourth-order valence-corrected chi connectivity index (χ4v) is 2.57. The minimum atomic E-state index is -3.83. The van der Waals surface area contributed by atoms with Crippen LogP contribution in [0.4, 0.5) is 0 Å².